The van der Waals surface area contributed by atoms with Crippen LogP contribution in [0, 0.1) is 0 Å². The zero-order valence-electron chi connectivity index (χ0n) is 21.8. The standard InChI is InChI=1S/2C9H13.2C7H6O2.Ti/c2*1-2-3-6-9-7-4-5-8-9;2*8-7(9)6-4-2-1-3-5-6;/h2*4-5,7-8H,2-3,6H2,1H3;2*1-5H,(H,8,9);/q2*-1;;;+4/p-2. The maximum atomic E-state index is 10.1. The van der Waals surface area contributed by atoms with E-state index >= 15 is 0 Å². The molecule has 5 heteroatoms. The molecule has 4 rings (SSSR count). The molecular weight excluding hydrogens is 496 g/mol. The fourth-order valence-corrected chi connectivity index (χ4v) is 3.07. The number of carbonyl (C=O) groups is 2. The number of carboxylic acids is 2. The summed E-state index contributed by atoms with van der Waals surface area (Å²) in [5.74, 6) is -2.26. The summed E-state index contributed by atoms with van der Waals surface area (Å²) in [6.07, 6.45) is 7.75. The van der Waals surface area contributed by atoms with Crippen molar-refractivity contribution in [2.75, 3.05) is 0 Å². The monoisotopic (exact) mass is 532 g/mol. The van der Waals surface area contributed by atoms with Gasteiger partial charge in [-0.05, 0) is 11.1 Å². The van der Waals surface area contributed by atoms with E-state index in [-0.39, 0.29) is 32.8 Å². The van der Waals surface area contributed by atoms with Crippen molar-refractivity contribution in [2.45, 2.75) is 52.4 Å². The van der Waals surface area contributed by atoms with Crippen LogP contribution in [0.4, 0.5) is 0 Å². The second-order valence-electron chi connectivity index (χ2n) is 8.10. The van der Waals surface area contributed by atoms with Gasteiger partial charge in [0.1, 0.15) is 0 Å². The molecule has 0 amide bonds. The van der Waals surface area contributed by atoms with Gasteiger partial charge in [-0.3, -0.25) is 0 Å². The molecule has 37 heavy (non-hydrogen) atoms. The maximum Gasteiger partial charge on any atom is 4.00 e. The Kier molecular flexibility index (Phi) is 20.1. The topological polar surface area (TPSA) is 80.3 Å². The van der Waals surface area contributed by atoms with Crippen molar-refractivity contribution in [1.82, 2.24) is 0 Å². The van der Waals surface area contributed by atoms with E-state index < -0.39 is 11.9 Å². The second-order valence-corrected chi connectivity index (χ2v) is 8.10. The van der Waals surface area contributed by atoms with E-state index in [1.165, 1.54) is 73.9 Å². The number of benzene rings is 2. The van der Waals surface area contributed by atoms with Crippen LogP contribution in [0.1, 0.15) is 71.4 Å². The summed E-state index contributed by atoms with van der Waals surface area (Å²) < 4.78 is 0. The molecular formula is C32H36O4Ti. The maximum absolute atomic E-state index is 10.1. The van der Waals surface area contributed by atoms with Crippen LogP contribution in [0.15, 0.2) is 109 Å². The summed E-state index contributed by atoms with van der Waals surface area (Å²) in [6, 6.07) is 33.3. The van der Waals surface area contributed by atoms with Crippen molar-refractivity contribution in [3.63, 3.8) is 0 Å². The van der Waals surface area contributed by atoms with Gasteiger partial charge in [-0.1, -0.05) is 113 Å². The molecule has 0 unspecified atom stereocenters. The molecule has 0 aliphatic rings. The minimum Gasteiger partial charge on any atom is -0.545 e. The van der Waals surface area contributed by atoms with Gasteiger partial charge in [0.15, 0.2) is 0 Å². The number of hydrogen-bond acceptors (Lipinski definition) is 4. The van der Waals surface area contributed by atoms with Crippen LogP contribution in [0.3, 0.4) is 0 Å². The van der Waals surface area contributed by atoms with E-state index in [2.05, 4.69) is 62.4 Å². The van der Waals surface area contributed by atoms with Gasteiger partial charge in [0, 0.05) is 0 Å². The van der Waals surface area contributed by atoms with E-state index in [4.69, 9.17) is 0 Å². The van der Waals surface area contributed by atoms with Gasteiger partial charge in [-0.2, -0.15) is 35.4 Å². The first-order valence-corrected chi connectivity index (χ1v) is 12.4. The van der Waals surface area contributed by atoms with Gasteiger partial charge in [0.05, 0.1) is 11.9 Å². The van der Waals surface area contributed by atoms with Gasteiger partial charge in [0.25, 0.3) is 0 Å². The minimum absolute atomic E-state index is 0. The number of carboxylic acid groups (broad SMARTS) is 2. The van der Waals surface area contributed by atoms with Crippen molar-refractivity contribution in [3.05, 3.63) is 131 Å². The first-order chi connectivity index (χ1) is 17.5. The molecule has 0 fully saturated rings. The number of hydrogen-bond donors (Lipinski definition) is 0. The fraction of sp³-hybridized carbons (Fsp3) is 0.250. The molecule has 4 aromatic rings. The summed E-state index contributed by atoms with van der Waals surface area (Å²) in [7, 11) is 0. The Bertz CT molecular complexity index is 953. The Morgan fingerprint density at radius 3 is 1.08 bits per heavy atom. The summed E-state index contributed by atoms with van der Waals surface area (Å²) in [5.41, 5.74) is 3.41. The predicted octanol–water partition coefficient (Wildman–Crippen LogP) is 5.59. The SMILES string of the molecule is CCCC[c-]1cccc1.CCCC[c-]1cccc1.O=C([O-])c1ccccc1.O=C([O-])c1ccccc1.[Ti+4]. The molecule has 0 saturated heterocycles. The van der Waals surface area contributed by atoms with Crippen LogP contribution >= 0.6 is 0 Å². The van der Waals surface area contributed by atoms with Crippen LogP contribution in [0.2, 0.25) is 0 Å². The molecule has 0 N–H and O–H groups in total. The number of unbranched alkanes of at least 4 members (excludes halogenated alkanes) is 2. The third-order valence-electron chi connectivity index (χ3n) is 5.12. The minimum atomic E-state index is -1.13. The summed E-state index contributed by atoms with van der Waals surface area (Å²) in [4.78, 5) is 20.2. The number of aromatic carboxylic acids is 2. The van der Waals surface area contributed by atoms with E-state index in [0.717, 1.165) is 0 Å². The smallest absolute Gasteiger partial charge is 0.545 e. The Morgan fingerprint density at radius 1 is 0.568 bits per heavy atom. The van der Waals surface area contributed by atoms with E-state index in [1.807, 2.05) is 0 Å². The zero-order valence-corrected chi connectivity index (χ0v) is 23.3. The van der Waals surface area contributed by atoms with Crippen molar-refractivity contribution >= 4 is 11.9 Å². The fourth-order valence-electron chi connectivity index (χ4n) is 3.07. The Labute approximate surface area is 236 Å². The molecule has 0 saturated carbocycles. The molecule has 0 bridgehead atoms. The molecule has 0 spiro atoms. The van der Waals surface area contributed by atoms with Crippen LogP contribution in [-0.2, 0) is 34.6 Å². The van der Waals surface area contributed by atoms with Crippen molar-refractivity contribution in [2.24, 2.45) is 0 Å². The molecule has 4 nitrogen and oxygen atoms in total. The summed E-state index contributed by atoms with van der Waals surface area (Å²) in [6.45, 7) is 4.45. The number of aryl methyl sites for hydroxylation is 2. The third kappa shape index (κ3) is 17.0. The predicted molar refractivity (Wildman–Crippen MR) is 143 cm³/mol. The van der Waals surface area contributed by atoms with Crippen molar-refractivity contribution in [1.29, 1.82) is 0 Å². The average molecular weight is 533 g/mol. The van der Waals surface area contributed by atoms with Crippen LogP contribution < -0.4 is 10.2 Å². The molecule has 0 aromatic heterocycles. The second kappa shape index (κ2) is 22.0. The van der Waals surface area contributed by atoms with Gasteiger partial charge in [-0.15, -0.1) is 0 Å². The van der Waals surface area contributed by atoms with Crippen molar-refractivity contribution in [3.8, 4) is 0 Å². The van der Waals surface area contributed by atoms with E-state index in [1.54, 1.807) is 36.4 Å². The molecule has 0 aliphatic carbocycles. The van der Waals surface area contributed by atoms with Gasteiger partial charge >= 0.3 is 21.7 Å². The van der Waals surface area contributed by atoms with Crippen molar-refractivity contribution < 1.29 is 41.5 Å². The summed E-state index contributed by atoms with van der Waals surface area (Å²) >= 11 is 0. The third-order valence-corrected chi connectivity index (χ3v) is 5.12. The average Bonchev–Trinajstić information content (AvgIpc) is 3.63. The van der Waals surface area contributed by atoms with E-state index in [0.29, 0.717) is 0 Å². The van der Waals surface area contributed by atoms with Crippen LogP contribution in [-0.4, -0.2) is 11.9 Å². The first-order valence-electron chi connectivity index (χ1n) is 12.4. The molecule has 0 heterocycles. The Balaban J connectivity index is 0.000000463. The van der Waals surface area contributed by atoms with E-state index in [9.17, 15) is 19.8 Å². The molecule has 0 aliphatic heterocycles. The number of rotatable bonds is 8. The number of carbonyl (C=O) groups excluding carboxylic acids is 2. The van der Waals surface area contributed by atoms with Gasteiger partial charge in [0.2, 0.25) is 0 Å². The molecule has 4 aromatic carbocycles. The van der Waals surface area contributed by atoms with Crippen LogP contribution in [0.5, 0.6) is 0 Å². The Hall–Kier alpha value is -3.21. The quantitative estimate of drug-likeness (QED) is 0.219. The molecule has 192 valence electrons. The normalized spacial score (nSPS) is 9.14. The largest absolute Gasteiger partial charge is 4.00 e. The zero-order chi connectivity index (χ0) is 26.4. The molecule has 0 atom stereocenters. The van der Waals surface area contributed by atoms with Crippen LogP contribution in [0.25, 0.3) is 0 Å². The van der Waals surface area contributed by atoms with Gasteiger partial charge < -0.3 is 19.8 Å². The summed E-state index contributed by atoms with van der Waals surface area (Å²) in [5, 5.41) is 20.2. The first kappa shape index (κ1) is 33.8. The Morgan fingerprint density at radius 2 is 0.865 bits per heavy atom. The molecule has 0 radical (unpaired) electrons. The van der Waals surface area contributed by atoms with Gasteiger partial charge in [-0.25, -0.2) is 24.3 Å².